The molecule has 9 atom stereocenters. The second kappa shape index (κ2) is 11.5. The lowest BCUT2D eigenvalue weighted by molar-refractivity contribution is -0.151. The van der Waals surface area contributed by atoms with E-state index in [2.05, 4.69) is 83.1 Å². The van der Waals surface area contributed by atoms with Crippen LogP contribution in [0.15, 0.2) is 48.0 Å². The van der Waals surface area contributed by atoms with Crippen LogP contribution in [-0.2, 0) is 22.4 Å². The van der Waals surface area contributed by atoms with Crippen molar-refractivity contribution in [1.82, 2.24) is 19.8 Å². The molecule has 0 spiro atoms. The van der Waals surface area contributed by atoms with E-state index in [9.17, 15) is 4.79 Å². The molecule has 7 nitrogen and oxygen atoms in total. The third kappa shape index (κ3) is 4.42. The van der Waals surface area contributed by atoms with Crippen molar-refractivity contribution in [1.29, 1.82) is 0 Å². The molecule has 4 fully saturated rings. The number of H-pyrrole nitrogens is 2. The summed E-state index contributed by atoms with van der Waals surface area (Å²) in [7, 11) is 5.54. The molecule has 7 heteroatoms. The third-order valence-electron chi connectivity index (χ3n) is 13.5. The summed E-state index contributed by atoms with van der Waals surface area (Å²) in [6.45, 7) is 7.81. The molecule has 6 bridgehead atoms. The van der Waals surface area contributed by atoms with Gasteiger partial charge in [-0.3, -0.25) is 14.6 Å². The molecule has 2 aromatic heterocycles. The number of hydrogen-bond donors (Lipinski definition) is 2. The Labute approximate surface area is 284 Å². The van der Waals surface area contributed by atoms with E-state index < -0.39 is 0 Å². The summed E-state index contributed by atoms with van der Waals surface area (Å²) >= 11 is 0. The fourth-order valence-electron chi connectivity index (χ4n) is 11.4. The molecule has 1 saturated carbocycles. The number of methoxy groups -OCH3 is 2. The Hall–Kier alpha value is -3.55. The number of esters is 1. The molecule has 6 heterocycles. The first-order valence-corrected chi connectivity index (χ1v) is 18.4. The number of likely N-dealkylation sites (tertiary alicyclic amines) is 1. The van der Waals surface area contributed by atoms with Crippen LogP contribution in [0.1, 0.15) is 79.4 Å². The number of para-hydroxylation sites is 1. The van der Waals surface area contributed by atoms with Crippen molar-refractivity contribution in [2.45, 2.75) is 76.3 Å². The van der Waals surface area contributed by atoms with Crippen LogP contribution in [0.4, 0.5) is 0 Å². The number of nitrogens with zero attached hydrogens (tertiary/aromatic N) is 2. The minimum absolute atomic E-state index is 0.0250. The zero-order valence-corrected chi connectivity index (χ0v) is 29.1. The lowest BCUT2D eigenvalue weighted by Crippen LogP contribution is -2.56. The van der Waals surface area contributed by atoms with Gasteiger partial charge < -0.3 is 19.4 Å². The first kappa shape index (κ1) is 30.5. The van der Waals surface area contributed by atoms with Crippen LogP contribution in [0.2, 0.25) is 0 Å². The molecule has 10 rings (SSSR count). The van der Waals surface area contributed by atoms with Crippen molar-refractivity contribution in [3.8, 4) is 5.75 Å². The van der Waals surface area contributed by atoms with Crippen molar-refractivity contribution >= 4 is 27.8 Å². The van der Waals surface area contributed by atoms with E-state index in [1.807, 2.05) is 7.11 Å². The standard InChI is InChI=1S/C41H50N4O3/c1-6-23-14-22-15-32-38-26(12-13-45(20-22)40(23)32)28-19-36(47-4)29(17-34(28)43-38)30-16-27-24(7-2)21-44(3)35(37(27)41(46)48-5)18-31-25-10-8-9-11-33(25)42-39(30)31/h7-11,17,19,22-23,27,30,32,35,37,40,42-43H,6,12-16,18,20-21H2,1-5H3/b24-7-/t22-,23+,27+,30-,32+,35+,37+,40+/m1/s1. The molecule has 2 aliphatic carbocycles. The zero-order valence-electron chi connectivity index (χ0n) is 29.1. The van der Waals surface area contributed by atoms with Gasteiger partial charge in [-0.1, -0.05) is 43.2 Å². The van der Waals surface area contributed by atoms with Gasteiger partial charge in [-0.05, 0) is 93.2 Å². The number of aromatic amines is 2. The van der Waals surface area contributed by atoms with E-state index in [0.717, 1.165) is 55.5 Å². The molecule has 6 aliphatic rings. The van der Waals surface area contributed by atoms with E-state index in [1.165, 1.54) is 75.7 Å². The molecule has 48 heavy (non-hydrogen) atoms. The average Bonchev–Trinajstić information content (AvgIpc) is 3.62. The second-order valence-corrected chi connectivity index (χ2v) is 15.6. The number of hydrogen-bond acceptors (Lipinski definition) is 5. The minimum Gasteiger partial charge on any atom is -0.496 e. The fourth-order valence-corrected chi connectivity index (χ4v) is 11.4. The topological polar surface area (TPSA) is 73.6 Å². The molecule has 252 valence electrons. The van der Waals surface area contributed by atoms with Crippen molar-refractivity contribution in [2.24, 2.45) is 23.7 Å². The average molecular weight is 647 g/mol. The van der Waals surface area contributed by atoms with E-state index in [1.54, 1.807) is 7.11 Å². The molecule has 0 radical (unpaired) electrons. The molecular formula is C41H50N4O3. The van der Waals surface area contributed by atoms with Crippen LogP contribution >= 0.6 is 0 Å². The molecule has 1 unspecified atom stereocenters. The molecule has 4 aromatic rings. The Morgan fingerprint density at radius 2 is 1.83 bits per heavy atom. The van der Waals surface area contributed by atoms with Crippen LogP contribution in [0.25, 0.3) is 21.8 Å². The Kier molecular flexibility index (Phi) is 7.32. The van der Waals surface area contributed by atoms with Crippen molar-refractivity contribution < 1.29 is 14.3 Å². The van der Waals surface area contributed by atoms with Crippen LogP contribution < -0.4 is 4.74 Å². The summed E-state index contributed by atoms with van der Waals surface area (Å²) in [6, 6.07) is 14.1. The van der Waals surface area contributed by atoms with Crippen LogP contribution in [-0.4, -0.2) is 78.7 Å². The Morgan fingerprint density at radius 3 is 2.62 bits per heavy atom. The second-order valence-electron chi connectivity index (χ2n) is 15.6. The number of carbonyl (C=O) groups excluding carboxylic acids is 1. The van der Waals surface area contributed by atoms with Crippen molar-refractivity contribution in [3.63, 3.8) is 0 Å². The van der Waals surface area contributed by atoms with Gasteiger partial charge in [0.1, 0.15) is 5.75 Å². The van der Waals surface area contributed by atoms with Gasteiger partial charge in [0.15, 0.2) is 0 Å². The highest BCUT2D eigenvalue weighted by molar-refractivity contribution is 5.89. The largest absolute Gasteiger partial charge is 0.496 e. The summed E-state index contributed by atoms with van der Waals surface area (Å²) in [5.41, 5.74) is 10.5. The van der Waals surface area contributed by atoms with Gasteiger partial charge in [0.2, 0.25) is 0 Å². The smallest absolute Gasteiger partial charge is 0.310 e. The maximum Gasteiger partial charge on any atom is 0.310 e. The summed E-state index contributed by atoms with van der Waals surface area (Å²) in [5, 5.41) is 2.57. The maximum atomic E-state index is 13.7. The fraction of sp³-hybridized carbons (Fsp3) is 0.537. The van der Waals surface area contributed by atoms with Gasteiger partial charge in [-0.15, -0.1) is 0 Å². The van der Waals surface area contributed by atoms with Gasteiger partial charge in [0, 0.05) is 82.3 Å². The van der Waals surface area contributed by atoms with Gasteiger partial charge in [-0.25, -0.2) is 0 Å². The maximum absolute atomic E-state index is 13.7. The molecule has 3 saturated heterocycles. The minimum atomic E-state index is -0.239. The van der Waals surface area contributed by atoms with Gasteiger partial charge in [0.05, 0.1) is 20.1 Å². The van der Waals surface area contributed by atoms with Crippen molar-refractivity contribution in [2.75, 3.05) is 40.9 Å². The Balaban J connectivity index is 1.23. The SMILES string of the molecule is C/C=C1/CN(C)[C@H]2Cc3c([nH]c4ccccc34)[C@@H](c3cc4[nH]c5c(c4cc3OC)CCN3C[C@@H]4C[C@H](CC)[C@H]3[C@H]5C4)C[C@@H]1[C@@H]2C(=O)OC. The molecule has 2 aromatic carbocycles. The van der Waals surface area contributed by atoms with Gasteiger partial charge in [-0.2, -0.15) is 0 Å². The third-order valence-corrected chi connectivity index (χ3v) is 13.5. The Morgan fingerprint density at radius 1 is 1.00 bits per heavy atom. The number of piperidine rings is 3. The van der Waals surface area contributed by atoms with E-state index in [-0.39, 0.29) is 29.8 Å². The predicted molar refractivity (Wildman–Crippen MR) is 191 cm³/mol. The summed E-state index contributed by atoms with van der Waals surface area (Å²) in [4.78, 5) is 26.9. The number of carbonyl (C=O) groups is 1. The summed E-state index contributed by atoms with van der Waals surface area (Å²) in [6.07, 6.45) is 8.91. The van der Waals surface area contributed by atoms with Gasteiger partial charge in [0.25, 0.3) is 0 Å². The monoisotopic (exact) mass is 646 g/mol. The highest BCUT2D eigenvalue weighted by atomic mass is 16.5. The lowest BCUT2D eigenvalue weighted by atomic mass is 9.65. The summed E-state index contributed by atoms with van der Waals surface area (Å²) < 4.78 is 11.9. The van der Waals surface area contributed by atoms with E-state index in [0.29, 0.717) is 12.0 Å². The number of rotatable bonds is 4. The highest BCUT2D eigenvalue weighted by Crippen LogP contribution is 2.53. The van der Waals surface area contributed by atoms with Gasteiger partial charge >= 0.3 is 5.97 Å². The highest BCUT2D eigenvalue weighted by Gasteiger charge is 2.50. The zero-order chi connectivity index (χ0) is 32.8. The number of likely N-dealkylation sites (N-methyl/N-ethyl adjacent to an activating group) is 1. The van der Waals surface area contributed by atoms with E-state index in [4.69, 9.17) is 9.47 Å². The first-order chi connectivity index (χ1) is 23.4. The number of allylic oxidation sites excluding steroid dienone is 1. The van der Waals surface area contributed by atoms with Crippen LogP contribution in [0.5, 0.6) is 5.75 Å². The molecule has 2 N–H and O–H groups in total. The quantitative estimate of drug-likeness (QED) is 0.182. The van der Waals surface area contributed by atoms with E-state index >= 15 is 0 Å². The first-order valence-electron chi connectivity index (χ1n) is 18.4. The molecule has 0 amide bonds. The number of ether oxygens (including phenoxy) is 2. The summed E-state index contributed by atoms with van der Waals surface area (Å²) in [5.74, 6) is 2.89. The molecular weight excluding hydrogens is 596 g/mol. The number of nitrogens with one attached hydrogen (secondary N) is 2. The van der Waals surface area contributed by atoms with Crippen LogP contribution in [0, 0.1) is 23.7 Å². The molecule has 4 aliphatic heterocycles. The predicted octanol–water partition coefficient (Wildman–Crippen LogP) is 7.16. The Bertz CT molecular complexity index is 1940. The number of benzene rings is 2. The number of fused-ring (bicyclic) bond motifs is 9. The van der Waals surface area contributed by atoms with Crippen LogP contribution in [0.3, 0.4) is 0 Å². The number of aromatic nitrogens is 2. The normalized spacial score (nSPS) is 33.6. The van der Waals surface area contributed by atoms with Crippen molar-refractivity contribution in [3.05, 3.63) is 76.1 Å². The lowest BCUT2D eigenvalue weighted by Gasteiger charge is -2.53.